The lowest BCUT2D eigenvalue weighted by Crippen LogP contribution is -2.27. The van der Waals surface area contributed by atoms with E-state index in [1.54, 1.807) is 42.5 Å². The highest BCUT2D eigenvalue weighted by Gasteiger charge is 2.35. The fourth-order valence-corrected chi connectivity index (χ4v) is 3.60. The number of hydrogen-bond donors (Lipinski definition) is 1. The molecule has 2 aromatic rings. The van der Waals surface area contributed by atoms with E-state index in [2.05, 4.69) is 6.07 Å². The number of amides is 2. The first-order valence-corrected chi connectivity index (χ1v) is 9.50. The van der Waals surface area contributed by atoms with Crippen LogP contribution in [0.15, 0.2) is 47.4 Å². The Morgan fingerprint density at radius 1 is 1.23 bits per heavy atom. The topological polar surface area (TPSA) is 117 Å². The number of nitriles is 1. The summed E-state index contributed by atoms with van der Waals surface area (Å²) in [6, 6.07) is 13.6. The molecule has 0 spiro atoms. The van der Waals surface area contributed by atoms with Crippen molar-refractivity contribution < 1.29 is 29.0 Å². The third-order valence-electron chi connectivity index (χ3n) is 4.18. The van der Waals surface area contributed by atoms with Crippen molar-refractivity contribution in [1.82, 2.24) is 4.90 Å². The van der Waals surface area contributed by atoms with Crippen LogP contribution in [0.4, 0.5) is 4.79 Å². The molecule has 1 N–H and O–H groups in total. The van der Waals surface area contributed by atoms with Gasteiger partial charge in [-0.1, -0.05) is 24.3 Å². The standard InChI is InChI=1S/C21H16N2O6S/c1-28-17-8-13(6-7-16(17)29-12-19(24)25)9-18-20(26)23(21(27)30-18)11-15-5-3-2-4-14(15)10-22/h2-9H,11-12H2,1H3,(H,24,25)/b18-9+. The quantitative estimate of drug-likeness (QED) is 0.673. The summed E-state index contributed by atoms with van der Waals surface area (Å²) in [5.74, 6) is -1.03. The Morgan fingerprint density at radius 3 is 2.70 bits per heavy atom. The van der Waals surface area contributed by atoms with E-state index in [4.69, 9.17) is 14.6 Å². The minimum absolute atomic E-state index is 0.0109. The van der Waals surface area contributed by atoms with E-state index in [0.29, 0.717) is 22.4 Å². The maximum absolute atomic E-state index is 12.7. The molecule has 3 rings (SSSR count). The molecule has 0 atom stereocenters. The minimum Gasteiger partial charge on any atom is -0.493 e. The maximum atomic E-state index is 12.7. The third kappa shape index (κ3) is 4.61. The van der Waals surface area contributed by atoms with Crippen molar-refractivity contribution in [2.24, 2.45) is 0 Å². The number of hydrogen-bond acceptors (Lipinski definition) is 7. The van der Waals surface area contributed by atoms with Crippen LogP contribution in [0.3, 0.4) is 0 Å². The molecule has 1 fully saturated rings. The first-order chi connectivity index (χ1) is 14.4. The smallest absolute Gasteiger partial charge is 0.341 e. The molecule has 1 saturated heterocycles. The van der Waals surface area contributed by atoms with Gasteiger partial charge in [0.2, 0.25) is 0 Å². The molecular weight excluding hydrogens is 408 g/mol. The van der Waals surface area contributed by atoms with Gasteiger partial charge < -0.3 is 14.6 Å². The van der Waals surface area contributed by atoms with Gasteiger partial charge in [-0.2, -0.15) is 5.26 Å². The number of ether oxygens (including phenoxy) is 2. The Kier molecular flexibility index (Phi) is 6.39. The van der Waals surface area contributed by atoms with E-state index >= 15 is 0 Å². The van der Waals surface area contributed by atoms with Crippen molar-refractivity contribution in [2.45, 2.75) is 6.54 Å². The van der Waals surface area contributed by atoms with E-state index in [1.165, 1.54) is 13.2 Å². The summed E-state index contributed by atoms with van der Waals surface area (Å²) in [6.45, 7) is -0.504. The molecule has 2 amide bonds. The van der Waals surface area contributed by atoms with Crippen LogP contribution >= 0.6 is 11.8 Å². The molecule has 9 heteroatoms. The van der Waals surface area contributed by atoms with Crippen molar-refractivity contribution in [3.63, 3.8) is 0 Å². The molecular formula is C21H16N2O6S. The number of carboxylic acid groups (broad SMARTS) is 1. The van der Waals surface area contributed by atoms with Crippen molar-refractivity contribution in [3.8, 4) is 17.6 Å². The molecule has 1 heterocycles. The lowest BCUT2D eigenvalue weighted by Gasteiger charge is -2.13. The third-order valence-corrected chi connectivity index (χ3v) is 5.08. The second-order valence-electron chi connectivity index (χ2n) is 6.13. The number of nitrogens with zero attached hydrogens (tertiary/aromatic N) is 2. The number of carboxylic acids is 1. The average molecular weight is 424 g/mol. The molecule has 0 radical (unpaired) electrons. The SMILES string of the molecule is COc1cc(/C=C2/SC(=O)N(Cc3ccccc3C#N)C2=O)ccc1OCC(=O)O. The fraction of sp³-hybridized carbons (Fsp3) is 0.143. The van der Waals surface area contributed by atoms with Gasteiger partial charge in [0, 0.05) is 0 Å². The predicted octanol–water partition coefficient (Wildman–Crippen LogP) is 3.27. The first-order valence-electron chi connectivity index (χ1n) is 8.69. The monoisotopic (exact) mass is 424 g/mol. The number of aliphatic carboxylic acids is 1. The molecule has 0 bridgehead atoms. The summed E-state index contributed by atoms with van der Waals surface area (Å²) in [5.41, 5.74) is 1.57. The minimum atomic E-state index is -1.12. The molecule has 1 aliphatic heterocycles. The van der Waals surface area contributed by atoms with Crippen LogP contribution in [-0.4, -0.2) is 40.8 Å². The van der Waals surface area contributed by atoms with Crippen molar-refractivity contribution >= 4 is 35.0 Å². The second kappa shape index (κ2) is 9.15. The second-order valence-corrected chi connectivity index (χ2v) is 7.12. The van der Waals surface area contributed by atoms with Crippen LogP contribution in [0, 0.1) is 11.3 Å². The summed E-state index contributed by atoms with van der Waals surface area (Å²) in [4.78, 5) is 37.1. The molecule has 30 heavy (non-hydrogen) atoms. The molecule has 1 aliphatic rings. The van der Waals surface area contributed by atoms with Gasteiger partial charge in [-0.3, -0.25) is 14.5 Å². The van der Waals surface area contributed by atoms with Crippen LogP contribution < -0.4 is 9.47 Å². The van der Waals surface area contributed by atoms with Gasteiger partial charge in [0.1, 0.15) is 0 Å². The van der Waals surface area contributed by atoms with Crippen molar-refractivity contribution in [2.75, 3.05) is 13.7 Å². The fourth-order valence-electron chi connectivity index (χ4n) is 2.76. The zero-order chi connectivity index (χ0) is 21.7. The van der Waals surface area contributed by atoms with Crippen molar-refractivity contribution in [3.05, 3.63) is 64.1 Å². The number of benzene rings is 2. The summed E-state index contributed by atoms with van der Waals surface area (Å²) in [5, 5.41) is 17.5. The van der Waals surface area contributed by atoms with Gasteiger partial charge in [0.05, 0.1) is 30.2 Å². The highest BCUT2D eigenvalue weighted by molar-refractivity contribution is 8.18. The van der Waals surface area contributed by atoms with Crippen LogP contribution in [0.1, 0.15) is 16.7 Å². The van der Waals surface area contributed by atoms with E-state index in [1.807, 2.05) is 0 Å². The molecule has 2 aromatic carbocycles. The van der Waals surface area contributed by atoms with Gasteiger partial charge in [-0.25, -0.2) is 4.79 Å². The Labute approximate surface area is 176 Å². The number of rotatable bonds is 7. The summed E-state index contributed by atoms with van der Waals surface area (Å²) < 4.78 is 10.4. The molecule has 8 nitrogen and oxygen atoms in total. The molecule has 0 aliphatic carbocycles. The van der Waals surface area contributed by atoms with Crippen LogP contribution in [0.2, 0.25) is 0 Å². The zero-order valence-electron chi connectivity index (χ0n) is 15.8. The van der Waals surface area contributed by atoms with E-state index in [0.717, 1.165) is 16.7 Å². The molecule has 0 unspecified atom stereocenters. The van der Waals surface area contributed by atoms with Crippen molar-refractivity contribution in [1.29, 1.82) is 5.26 Å². The Hall–Kier alpha value is -3.77. The highest BCUT2D eigenvalue weighted by Crippen LogP contribution is 2.35. The van der Waals surface area contributed by atoms with Gasteiger partial charge in [-0.05, 0) is 47.2 Å². The Bertz CT molecular complexity index is 1090. The first kappa shape index (κ1) is 21.0. The number of carbonyl (C=O) groups excluding carboxylic acids is 2. The highest BCUT2D eigenvalue weighted by atomic mass is 32.2. The van der Waals surface area contributed by atoms with Gasteiger partial charge in [0.25, 0.3) is 11.1 Å². The molecule has 152 valence electrons. The number of methoxy groups -OCH3 is 1. The predicted molar refractivity (Wildman–Crippen MR) is 109 cm³/mol. The number of thioether (sulfide) groups is 1. The summed E-state index contributed by atoms with van der Waals surface area (Å²) >= 11 is 0.807. The maximum Gasteiger partial charge on any atom is 0.341 e. The summed E-state index contributed by atoms with van der Waals surface area (Å²) in [6.07, 6.45) is 1.55. The lowest BCUT2D eigenvalue weighted by atomic mass is 10.1. The van der Waals surface area contributed by atoms with Gasteiger partial charge in [-0.15, -0.1) is 0 Å². The van der Waals surface area contributed by atoms with Crippen LogP contribution in [0.5, 0.6) is 11.5 Å². The largest absolute Gasteiger partial charge is 0.493 e. The van der Waals surface area contributed by atoms with E-state index in [9.17, 15) is 19.6 Å². The summed E-state index contributed by atoms with van der Waals surface area (Å²) in [7, 11) is 1.41. The number of carbonyl (C=O) groups is 3. The average Bonchev–Trinajstić information content (AvgIpc) is 3.00. The Balaban J connectivity index is 1.81. The Morgan fingerprint density at radius 2 is 2.00 bits per heavy atom. The van der Waals surface area contributed by atoms with Gasteiger partial charge >= 0.3 is 5.97 Å². The normalized spacial score (nSPS) is 14.7. The molecule has 0 aromatic heterocycles. The lowest BCUT2D eigenvalue weighted by molar-refractivity contribution is -0.139. The number of imide groups is 1. The molecule has 0 saturated carbocycles. The van der Waals surface area contributed by atoms with Crippen LogP contribution in [0.25, 0.3) is 6.08 Å². The zero-order valence-corrected chi connectivity index (χ0v) is 16.6. The van der Waals surface area contributed by atoms with Crippen LogP contribution in [-0.2, 0) is 16.1 Å². The van der Waals surface area contributed by atoms with E-state index in [-0.39, 0.29) is 17.2 Å². The van der Waals surface area contributed by atoms with E-state index < -0.39 is 23.7 Å². The van der Waals surface area contributed by atoms with Gasteiger partial charge in [0.15, 0.2) is 18.1 Å².